The van der Waals surface area contributed by atoms with Crippen LogP contribution in [0.4, 0.5) is 0 Å². The van der Waals surface area contributed by atoms with E-state index in [1.165, 1.54) is 0 Å². The molecule has 11 heavy (non-hydrogen) atoms. The lowest BCUT2D eigenvalue weighted by Crippen LogP contribution is -2.15. The quantitative estimate of drug-likeness (QED) is 0.637. The molecule has 0 saturated carbocycles. The van der Waals surface area contributed by atoms with Crippen LogP contribution in [-0.4, -0.2) is 16.9 Å². The summed E-state index contributed by atoms with van der Waals surface area (Å²) in [6.07, 6.45) is 0. The van der Waals surface area contributed by atoms with Crippen molar-refractivity contribution in [2.75, 3.05) is 11.9 Å². The fourth-order valence-electron chi connectivity index (χ4n) is 0.773. The summed E-state index contributed by atoms with van der Waals surface area (Å²) in [5.74, 6) is 0. The Hall–Kier alpha value is 0.0700. The summed E-state index contributed by atoms with van der Waals surface area (Å²) in [7, 11) is 0. The van der Waals surface area contributed by atoms with E-state index in [0.717, 1.165) is 29.1 Å². The van der Waals surface area contributed by atoms with E-state index in [1.54, 1.807) is 11.3 Å². The van der Waals surface area contributed by atoms with Gasteiger partial charge in [-0.25, -0.2) is 4.98 Å². The Labute approximate surface area is 79.2 Å². The summed E-state index contributed by atoms with van der Waals surface area (Å²) >= 11 is 5.05. The van der Waals surface area contributed by atoms with Gasteiger partial charge in [-0.05, 0) is 6.92 Å². The molecular weight excluding hydrogens is 224 g/mol. The standard InChI is InChI=1S/C7H11BrN2S/c1-6-10-7(5-11-6)4-9-3-2-8/h5,9H,2-4H2,1H3. The lowest BCUT2D eigenvalue weighted by molar-refractivity contribution is 0.720. The molecular formula is C7H11BrN2S. The summed E-state index contributed by atoms with van der Waals surface area (Å²) in [6.45, 7) is 3.91. The first-order chi connectivity index (χ1) is 5.33. The van der Waals surface area contributed by atoms with Gasteiger partial charge >= 0.3 is 0 Å². The second-order valence-electron chi connectivity index (χ2n) is 2.22. The Morgan fingerprint density at radius 2 is 2.55 bits per heavy atom. The molecule has 1 aromatic heterocycles. The first-order valence-corrected chi connectivity index (χ1v) is 5.50. The highest BCUT2D eigenvalue weighted by molar-refractivity contribution is 9.09. The van der Waals surface area contributed by atoms with Crippen LogP contribution in [0.15, 0.2) is 5.38 Å². The van der Waals surface area contributed by atoms with Gasteiger partial charge < -0.3 is 5.32 Å². The minimum absolute atomic E-state index is 0.885. The smallest absolute Gasteiger partial charge is 0.0897 e. The van der Waals surface area contributed by atoms with Crippen LogP contribution >= 0.6 is 27.3 Å². The van der Waals surface area contributed by atoms with Crippen molar-refractivity contribution in [1.82, 2.24) is 10.3 Å². The van der Waals surface area contributed by atoms with Gasteiger partial charge in [-0.3, -0.25) is 0 Å². The zero-order valence-electron chi connectivity index (χ0n) is 6.43. The number of thiazole rings is 1. The van der Waals surface area contributed by atoms with E-state index >= 15 is 0 Å². The van der Waals surface area contributed by atoms with E-state index in [4.69, 9.17) is 0 Å². The van der Waals surface area contributed by atoms with Crippen molar-refractivity contribution < 1.29 is 0 Å². The third-order valence-corrected chi connectivity index (χ3v) is 2.46. The van der Waals surface area contributed by atoms with Gasteiger partial charge in [0.2, 0.25) is 0 Å². The predicted molar refractivity (Wildman–Crippen MR) is 52.4 cm³/mol. The number of hydrogen-bond acceptors (Lipinski definition) is 3. The van der Waals surface area contributed by atoms with Crippen LogP contribution in [0, 0.1) is 6.92 Å². The Balaban J connectivity index is 2.27. The maximum absolute atomic E-state index is 4.32. The normalized spacial score (nSPS) is 10.4. The second-order valence-corrected chi connectivity index (χ2v) is 4.08. The molecule has 0 bridgehead atoms. The molecule has 0 amide bonds. The molecule has 0 fully saturated rings. The van der Waals surface area contributed by atoms with Crippen molar-refractivity contribution in [1.29, 1.82) is 0 Å². The summed E-state index contributed by atoms with van der Waals surface area (Å²) in [5, 5.41) is 7.49. The van der Waals surface area contributed by atoms with Crippen LogP contribution in [-0.2, 0) is 6.54 Å². The van der Waals surface area contributed by atoms with E-state index < -0.39 is 0 Å². The van der Waals surface area contributed by atoms with Crippen LogP contribution in [0.3, 0.4) is 0 Å². The molecule has 0 radical (unpaired) electrons. The third kappa shape index (κ3) is 3.31. The molecule has 1 N–H and O–H groups in total. The number of halogens is 1. The van der Waals surface area contributed by atoms with Crippen molar-refractivity contribution in [3.05, 3.63) is 16.1 Å². The van der Waals surface area contributed by atoms with E-state index in [1.807, 2.05) is 6.92 Å². The molecule has 4 heteroatoms. The molecule has 62 valence electrons. The average Bonchev–Trinajstić information content (AvgIpc) is 2.37. The topological polar surface area (TPSA) is 24.9 Å². The van der Waals surface area contributed by atoms with Gasteiger partial charge in [-0.1, -0.05) is 15.9 Å². The van der Waals surface area contributed by atoms with Gasteiger partial charge in [-0.15, -0.1) is 11.3 Å². The number of rotatable bonds is 4. The minimum Gasteiger partial charge on any atom is -0.310 e. The molecule has 0 atom stereocenters. The van der Waals surface area contributed by atoms with Gasteiger partial charge in [0, 0.05) is 23.8 Å². The average molecular weight is 235 g/mol. The molecule has 1 heterocycles. The van der Waals surface area contributed by atoms with Crippen molar-refractivity contribution in [2.45, 2.75) is 13.5 Å². The molecule has 0 aliphatic rings. The predicted octanol–water partition coefficient (Wildman–Crippen LogP) is 1.94. The fraction of sp³-hybridized carbons (Fsp3) is 0.571. The molecule has 0 aromatic carbocycles. The van der Waals surface area contributed by atoms with Gasteiger partial charge in [0.05, 0.1) is 10.7 Å². The lowest BCUT2D eigenvalue weighted by atomic mass is 10.5. The molecule has 1 aromatic rings. The number of nitrogens with zero attached hydrogens (tertiary/aromatic N) is 1. The van der Waals surface area contributed by atoms with Crippen molar-refractivity contribution in [3.63, 3.8) is 0 Å². The second kappa shape index (κ2) is 4.85. The first kappa shape index (κ1) is 9.16. The molecule has 0 aliphatic heterocycles. The van der Waals surface area contributed by atoms with Crippen molar-refractivity contribution in [2.24, 2.45) is 0 Å². The maximum atomic E-state index is 4.32. The number of aromatic nitrogens is 1. The van der Waals surface area contributed by atoms with Crippen molar-refractivity contribution >= 4 is 27.3 Å². The SMILES string of the molecule is Cc1nc(CNCCBr)cs1. The Kier molecular flexibility index (Phi) is 4.04. The summed E-state index contributed by atoms with van der Waals surface area (Å²) in [4.78, 5) is 4.32. The van der Waals surface area contributed by atoms with Crippen LogP contribution in [0.1, 0.15) is 10.7 Å². The van der Waals surface area contributed by atoms with Crippen LogP contribution in [0.2, 0.25) is 0 Å². The number of alkyl halides is 1. The zero-order chi connectivity index (χ0) is 8.10. The van der Waals surface area contributed by atoms with Crippen LogP contribution in [0.5, 0.6) is 0 Å². The summed E-state index contributed by atoms with van der Waals surface area (Å²) in [5.41, 5.74) is 1.15. The first-order valence-electron chi connectivity index (χ1n) is 3.50. The minimum atomic E-state index is 0.885. The fourth-order valence-corrected chi connectivity index (χ4v) is 1.67. The largest absolute Gasteiger partial charge is 0.310 e. The summed E-state index contributed by atoms with van der Waals surface area (Å²) in [6, 6.07) is 0. The van der Waals surface area contributed by atoms with Gasteiger partial charge in [-0.2, -0.15) is 0 Å². The molecule has 1 rings (SSSR count). The Morgan fingerprint density at radius 3 is 3.09 bits per heavy atom. The third-order valence-electron chi connectivity index (χ3n) is 1.24. The Bertz CT molecular complexity index is 212. The molecule has 0 unspecified atom stereocenters. The maximum Gasteiger partial charge on any atom is 0.0897 e. The summed E-state index contributed by atoms with van der Waals surface area (Å²) < 4.78 is 0. The van der Waals surface area contributed by atoms with E-state index in [0.29, 0.717) is 0 Å². The zero-order valence-corrected chi connectivity index (χ0v) is 8.83. The number of nitrogens with one attached hydrogen (secondary N) is 1. The highest BCUT2D eigenvalue weighted by Gasteiger charge is 1.95. The molecule has 2 nitrogen and oxygen atoms in total. The highest BCUT2D eigenvalue weighted by atomic mass is 79.9. The van der Waals surface area contributed by atoms with Gasteiger partial charge in [0.15, 0.2) is 0 Å². The molecule has 0 saturated heterocycles. The number of hydrogen-bond donors (Lipinski definition) is 1. The molecule has 0 aliphatic carbocycles. The van der Waals surface area contributed by atoms with E-state index in [-0.39, 0.29) is 0 Å². The van der Waals surface area contributed by atoms with Gasteiger partial charge in [0.25, 0.3) is 0 Å². The lowest BCUT2D eigenvalue weighted by Gasteiger charge is -1.96. The number of aryl methyl sites for hydroxylation is 1. The highest BCUT2D eigenvalue weighted by Crippen LogP contribution is 2.06. The monoisotopic (exact) mass is 234 g/mol. The molecule has 0 spiro atoms. The van der Waals surface area contributed by atoms with Gasteiger partial charge in [0.1, 0.15) is 0 Å². The van der Waals surface area contributed by atoms with Crippen molar-refractivity contribution in [3.8, 4) is 0 Å². The van der Waals surface area contributed by atoms with Crippen LogP contribution < -0.4 is 5.32 Å². The Morgan fingerprint density at radius 1 is 1.73 bits per heavy atom. The van der Waals surface area contributed by atoms with Crippen LogP contribution in [0.25, 0.3) is 0 Å². The van der Waals surface area contributed by atoms with E-state index in [2.05, 4.69) is 31.6 Å². The van der Waals surface area contributed by atoms with E-state index in [9.17, 15) is 0 Å².